The van der Waals surface area contributed by atoms with Gasteiger partial charge in [-0.2, -0.15) is 13.2 Å². The van der Waals surface area contributed by atoms with Crippen LogP contribution in [-0.4, -0.2) is 33.9 Å². The van der Waals surface area contributed by atoms with Gasteiger partial charge in [0.1, 0.15) is 5.54 Å². The number of alkyl halides is 3. The molecule has 1 aliphatic carbocycles. The molecule has 1 fully saturated rings. The van der Waals surface area contributed by atoms with Crippen LogP contribution >= 0.6 is 0 Å². The number of amides is 1. The van der Waals surface area contributed by atoms with Crippen molar-refractivity contribution in [2.75, 3.05) is 0 Å². The van der Waals surface area contributed by atoms with Crippen LogP contribution in [0.15, 0.2) is 18.2 Å². The zero-order valence-electron chi connectivity index (χ0n) is 10.9. The topological polar surface area (TPSA) is 95.6 Å². The molecule has 8 heteroatoms. The zero-order chi connectivity index (χ0) is 15.8. The first kappa shape index (κ1) is 15.4. The Morgan fingerprint density at radius 2 is 1.95 bits per heavy atom. The molecule has 0 saturated heterocycles. The molecule has 2 rings (SSSR count). The fourth-order valence-corrected chi connectivity index (χ4v) is 1.98. The number of hydrogen-bond acceptors (Lipinski definition) is 4. The van der Waals surface area contributed by atoms with Crippen LogP contribution in [0.4, 0.5) is 13.2 Å². The van der Waals surface area contributed by atoms with Crippen LogP contribution in [0.2, 0.25) is 0 Å². The quantitative estimate of drug-likeness (QED) is 0.628. The number of nitrogens with two attached hydrogens (primary N) is 1. The fourth-order valence-electron chi connectivity index (χ4n) is 1.98. The summed E-state index contributed by atoms with van der Waals surface area (Å²) in [5.41, 5.74) is 3.89. The summed E-state index contributed by atoms with van der Waals surface area (Å²) < 4.78 is 38.2. The van der Waals surface area contributed by atoms with Gasteiger partial charge in [-0.3, -0.25) is 4.79 Å². The molecule has 0 bridgehead atoms. The lowest BCUT2D eigenvalue weighted by Gasteiger charge is -2.22. The maximum Gasteiger partial charge on any atom is 0.411 e. The van der Waals surface area contributed by atoms with Gasteiger partial charge in [-0.25, -0.2) is 0 Å². The fraction of sp³-hybridized carbons (Fsp3) is 0.462. The second kappa shape index (κ2) is 5.10. The number of nitrogens with one attached hydrogen (secondary N) is 1. The Morgan fingerprint density at radius 3 is 2.43 bits per heavy atom. The van der Waals surface area contributed by atoms with Crippen molar-refractivity contribution in [3.63, 3.8) is 0 Å². The minimum Gasteiger partial charge on any atom is -0.504 e. The predicted octanol–water partition coefficient (Wildman–Crippen LogP) is 1.18. The van der Waals surface area contributed by atoms with E-state index in [-0.39, 0.29) is 30.8 Å². The molecule has 1 aliphatic rings. The van der Waals surface area contributed by atoms with E-state index >= 15 is 0 Å². The number of phenols is 2. The average molecular weight is 304 g/mol. The largest absolute Gasteiger partial charge is 0.504 e. The first-order valence-electron chi connectivity index (χ1n) is 6.30. The lowest BCUT2D eigenvalue weighted by atomic mass is 10.0. The second-order valence-electron chi connectivity index (χ2n) is 5.20. The van der Waals surface area contributed by atoms with Gasteiger partial charge in [0.25, 0.3) is 0 Å². The van der Waals surface area contributed by atoms with Crippen molar-refractivity contribution in [2.24, 2.45) is 5.73 Å². The minimum absolute atomic E-state index is 0.0480. The summed E-state index contributed by atoms with van der Waals surface area (Å²) in [6.45, 7) is 0. The van der Waals surface area contributed by atoms with Gasteiger partial charge in [-0.05, 0) is 37.0 Å². The molecule has 0 aliphatic heterocycles. The predicted molar refractivity (Wildman–Crippen MR) is 67.6 cm³/mol. The third-order valence-electron chi connectivity index (χ3n) is 3.49. The van der Waals surface area contributed by atoms with Crippen molar-refractivity contribution in [2.45, 2.75) is 37.0 Å². The van der Waals surface area contributed by atoms with Crippen molar-refractivity contribution < 1.29 is 28.2 Å². The standard InChI is InChI=1S/C13H15F3N2O3/c14-13(15,16)12(3-4-12)18-11(21)8(17)5-7-1-2-9(19)10(20)6-7/h1-2,6,8,19-20H,3-5,17H2,(H,18,21)/t8-/m0/s1. The average Bonchev–Trinajstić information content (AvgIpc) is 3.14. The summed E-state index contributed by atoms with van der Waals surface area (Å²) in [6, 6.07) is 2.68. The van der Waals surface area contributed by atoms with E-state index < -0.39 is 23.7 Å². The molecule has 1 aromatic carbocycles. The third-order valence-corrected chi connectivity index (χ3v) is 3.49. The van der Waals surface area contributed by atoms with Crippen LogP contribution in [0.3, 0.4) is 0 Å². The van der Waals surface area contributed by atoms with E-state index in [4.69, 9.17) is 10.8 Å². The molecule has 0 spiro atoms. The van der Waals surface area contributed by atoms with Crippen LogP contribution in [0.25, 0.3) is 0 Å². The molecule has 21 heavy (non-hydrogen) atoms. The number of phenolic OH excluding ortho intramolecular Hbond substituents is 2. The van der Waals surface area contributed by atoms with Gasteiger partial charge in [0.05, 0.1) is 6.04 Å². The van der Waals surface area contributed by atoms with E-state index in [1.54, 1.807) is 0 Å². The van der Waals surface area contributed by atoms with Crippen LogP contribution < -0.4 is 11.1 Å². The van der Waals surface area contributed by atoms with Gasteiger partial charge in [-0.1, -0.05) is 6.07 Å². The summed E-state index contributed by atoms with van der Waals surface area (Å²) in [6.07, 6.45) is -4.82. The van der Waals surface area contributed by atoms with Gasteiger partial charge in [0.2, 0.25) is 5.91 Å². The number of rotatable bonds is 4. The summed E-state index contributed by atoms with van der Waals surface area (Å²) in [5, 5.41) is 20.4. The highest BCUT2D eigenvalue weighted by Gasteiger charge is 2.64. The Labute approximate surface area is 118 Å². The molecule has 0 heterocycles. The smallest absolute Gasteiger partial charge is 0.411 e. The molecule has 0 aromatic heterocycles. The number of carbonyl (C=O) groups is 1. The molecule has 1 saturated carbocycles. The van der Waals surface area contributed by atoms with Crippen LogP contribution in [0.5, 0.6) is 11.5 Å². The molecule has 5 nitrogen and oxygen atoms in total. The first-order valence-corrected chi connectivity index (χ1v) is 6.30. The molecule has 1 amide bonds. The van der Waals surface area contributed by atoms with Crippen molar-refractivity contribution in [3.8, 4) is 11.5 Å². The summed E-state index contributed by atoms with van der Waals surface area (Å²) in [4.78, 5) is 11.8. The normalized spacial score (nSPS) is 18.1. The SMILES string of the molecule is N[C@@H](Cc1ccc(O)c(O)c1)C(=O)NC1(C(F)(F)F)CC1. The van der Waals surface area contributed by atoms with Crippen LogP contribution in [0.1, 0.15) is 18.4 Å². The van der Waals surface area contributed by atoms with E-state index in [2.05, 4.69) is 0 Å². The molecule has 116 valence electrons. The van der Waals surface area contributed by atoms with Gasteiger partial charge in [0.15, 0.2) is 11.5 Å². The Balaban J connectivity index is 1.99. The highest BCUT2D eigenvalue weighted by Crippen LogP contribution is 2.48. The van der Waals surface area contributed by atoms with Crippen molar-refractivity contribution >= 4 is 5.91 Å². The zero-order valence-corrected chi connectivity index (χ0v) is 10.9. The van der Waals surface area contributed by atoms with Crippen LogP contribution in [0, 0.1) is 0 Å². The highest BCUT2D eigenvalue weighted by atomic mass is 19.4. The number of aromatic hydroxyl groups is 2. The molecular formula is C13H15F3N2O3. The first-order chi connectivity index (χ1) is 9.64. The number of halogens is 3. The lowest BCUT2D eigenvalue weighted by molar-refractivity contribution is -0.170. The van der Waals surface area contributed by atoms with Crippen molar-refractivity contribution in [1.82, 2.24) is 5.32 Å². The van der Waals surface area contributed by atoms with E-state index in [1.807, 2.05) is 5.32 Å². The molecule has 0 unspecified atom stereocenters. The van der Waals surface area contributed by atoms with E-state index in [1.165, 1.54) is 18.2 Å². The van der Waals surface area contributed by atoms with E-state index in [9.17, 15) is 23.1 Å². The van der Waals surface area contributed by atoms with E-state index in [0.717, 1.165) is 0 Å². The molecule has 5 N–H and O–H groups in total. The lowest BCUT2D eigenvalue weighted by Crippen LogP contribution is -2.53. The van der Waals surface area contributed by atoms with Crippen molar-refractivity contribution in [3.05, 3.63) is 23.8 Å². The molecule has 1 aromatic rings. The number of carbonyl (C=O) groups excluding carboxylic acids is 1. The Kier molecular flexibility index (Phi) is 3.75. The number of benzene rings is 1. The molecule has 0 radical (unpaired) electrons. The summed E-state index contributed by atoms with van der Waals surface area (Å²) >= 11 is 0. The maximum absolute atomic E-state index is 12.7. The summed E-state index contributed by atoms with van der Waals surface area (Å²) in [5.74, 6) is -1.60. The monoisotopic (exact) mass is 304 g/mol. The summed E-state index contributed by atoms with van der Waals surface area (Å²) in [7, 11) is 0. The minimum atomic E-state index is -4.49. The maximum atomic E-state index is 12.7. The van der Waals surface area contributed by atoms with Gasteiger partial charge >= 0.3 is 6.18 Å². The third kappa shape index (κ3) is 3.21. The Morgan fingerprint density at radius 1 is 1.33 bits per heavy atom. The van der Waals surface area contributed by atoms with Gasteiger partial charge in [0, 0.05) is 0 Å². The van der Waals surface area contributed by atoms with Gasteiger partial charge < -0.3 is 21.3 Å². The van der Waals surface area contributed by atoms with E-state index in [0.29, 0.717) is 5.56 Å². The van der Waals surface area contributed by atoms with Gasteiger partial charge in [-0.15, -0.1) is 0 Å². The Bertz CT molecular complexity index is 556. The van der Waals surface area contributed by atoms with Crippen molar-refractivity contribution in [1.29, 1.82) is 0 Å². The molecule has 1 atom stereocenters. The molecular weight excluding hydrogens is 289 g/mol. The Hall–Kier alpha value is -1.96. The second-order valence-corrected chi connectivity index (χ2v) is 5.20. The van der Waals surface area contributed by atoms with Crippen LogP contribution in [-0.2, 0) is 11.2 Å². The highest BCUT2D eigenvalue weighted by molar-refractivity contribution is 5.83. The number of hydrogen-bond donors (Lipinski definition) is 4.